The van der Waals surface area contributed by atoms with E-state index in [0.717, 1.165) is 11.8 Å². The van der Waals surface area contributed by atoms with E-state index in [1.165, 1.54) is 0 Å². The van der Waals surface area contributed by atoms with Crippen molar-refractivity contribution in [2.75, 3.05) is 13.2 Å². The van der Waals surface area contributed by atoms with Crippen LogP contribution < -0.4 is 0 Å². The van der Waals surface area contributed by atoms with Gasteiger partial charge >= 0.3 is 11.9 Å². The molecule has 0 aliphatic carbocycles. The average Bonchev–Trinajstić information content (AvgIpc) is 3.10. The van der Waals surface area contributed by atoms with E-state index in [-0.39, 0.29) is 12.2 Å². The molecule has 0 bridgehead atoms. The summed E-state index contributed by atoms with van der Waals surface area (Å²) < 4.78 is 9.95. The highest BCUT2D eigenvalue weighted by Gasteiger charge is 2.37. The molecule has 0 aromatic rings. The topological polar surface area (TPSA) is 99.7 Å². The Bertz CT molecular complexity index is 282. The normalized spacial score (nSPS) is 29.4. The minimum Gasteiger partial charge on any atom is -0.480 e. The fraction of sp³-hybridized carbons (Fsp3) is 0.800. The number of carboxylic acid groups (broad SMARTS) is 2. The third-order valence-electron chi connectivity index (χ3n) is 2.64. The van der Waals surface area contributed by atoms with Crippen molar-refractivity contribution in [2.45, 2.75) is 35.5 Å². The molecule has 6 nitrogen and oxygen atoms in total. The molecule has 7 heteroatoms. The molecule has 0 saturated carbocycles. The second-order valence-electron chi connectivity index (χ2n) is 4.17. The van der Waals surface area contributed by atoms with E-state index in [1.807, 2.05) is 0 Å². The molecular weight excluding hydrogens is 248 g/mol. The van der Waals surface area contributed by atoms with Crippen LogP contribution in [0.4, 0.5) is 0 Å². The first kappa shape index (κ1) is 12.7. The third kappa shape index (κ3) is 4.18. The van der Waals surface area contributed by atoms with Crippen LogP contribution in [0.1, 0.15) is 12.8 Å². The maximum Gasteiger partial charge on any atom is 0.316 e. The predicted molar refractivity (Wildman–Crippen MR) is 59.2 cm³/mol. The molecule has 96 valence electrons. The summed E-state index contributed by atoms with van der Waals surface area (Å²) in [5.41, 5.74) is 0. The van der Waals surface area contributed by atoms with E-state index in [1.54, 1.807) is 0 Å². The van der Waals surface area contributed by atoms with Gasteiger partial charge in [0.2, 0.25) is 0 Å². The van der Waals surface area contributed by atoms with Crippen molar-refractivity contribution in [3.8, 4) is 0 Å². The summed E-state index contributed by atoms with van der Waals surface area (Å²) in [4.78, 5) is 22.0. The van der Waals surface area contributed by atoms with Gasteiger partial charge in [0.1, 0.15) is 10.5 Å². The zero-order valence-electron chi connectivity index (χ0n) is 9.07. The lowest BCUT2D eigenvalue weighted by atomic mass is 10.2. The fourth-order valence-electron chi connectivity index (χ4n) is 1.51. The molecule has 0 aromatic carbocycles. The Balaban J connectivity index is 1.87. The van der Waals surface area contributed by atoms with E-state index in [4.69, 9.17) is 19.7 Å². The number of carbonyl (C=O) groups is 2. The van der Waals surface area contributed by atoms with Crippen LogP contribution in [0, 0.1) is 0 Å². The molecule has 0 amide bonds. The number of hydrogen-bond donors (Lipinski definition) is 2. The lowest BCUT2D eigenvalue weighted by Crippen LogP contribution is -2.27. The van der Waals surface area contributed by atoms with Crippen molar-refractivity contribution in [2.24, 2.45) is 0 Å². The van der Waals surface area contributed by atoms with Crippen LogP contribution in [0.5, 0.6) is 0 Å². The molecule has 2 saturated heterocycles. The second kappa shape index (κ2) is 5.24. The molecule has 4 unspecified atom stereocenters. The lowest BCUT2D eigenvalue weighted by Gasteiger charge is -2.16. The Kier molecular flexibility index (Phi) is 3.90. The van der Waals surface area contributed by atoms with Gasteiger partial charge in [0, 0.05) is 0 Å². The maximum atomic E-state index is 11.0. The van der Waals surface area contributed by atoms with Gasteiger partial charge < -0.3 is 19.7 Å². The van der Waals surface area contributed by atoms with Gasteiger partial charge in [-0.2, -0.15) is 0 Å². The predicted octanol–water partition coefficient (Wildman–Crippen LogP) is 0.204. The first-order valence-corrected chi connectivity index (χ1v) is 6.35. The second-order valence-corrected chi connectivity index (χ2v) is 5.58. The number of hydrogen-bond acceptors (Lipinski definition) is 5. The standard InChI is InChI=1S/C10H14O6S/c11-9(12)7(1-5-3-15-5)17-8(10(13)14)2-6-4-16-6/h5-8H,1-4H2,(H,11,12)(H,13,14). The van der Waals surface area contributed by atoms with Crippen molar-refractivity contribution in [3.63, 3.8) is 0 Å². The van der Waals surface area contributed by atoms with Gasteiger partial charge in [-0.1, -0.05) is 0 Å². The lowest BCUT2D eigenvalue weighted by molar-refractivity contribution is -0.136. The molecule has 2 fully saturated rings. The van der Waals surface area contributed by atoms with Crippen LogP contribution in [0.15, 0.2) is 0 Å². The smallest absolute Gasteiger partial charge is 0.316 e. The Morgan fingerprint density at radius 3 is 1.65 bits per heavy atom. The summed E-state index contributed by atoms with van der Waals surface area (Å²) in [5, 5.41) is 16.6. The highest BCUT2D eigenvalue weighted by molar-refractivity contribution is 8.01. The highest BCUT2D eigenvalue weighted by Crippen LogP contribution is 2.31. The molecule has 2 aliphatic rings. The largest absolute Gasteiger partial charge is 0.480 e. The first-order valence-electron chi connectivity index (χ1n) is 5.40. The summed E-state index contributed by atoms with van der Waals surface area (Å²) in [5.74, 6) is -1.96. The van der Waals surface area contributed by atoms with Crippen molar-refractivity contribution < 1.29 is 29.3 Å². The van der Waals surface area contributed by atoms with Crippen LogP contribution in [0.25, 0.3) is 0 Å². The first-order chi connectivity index (χ1) is 8.06. The number of epoxide rings is 2. The maximum absolute atomic E-state index is 11.0. The van der Waals surface area contributed by atoms with Gasteiger partial charge in [0.15, 0.2) is 0 Å². The molecule has 0 spiro atoms. The van der Waals surface area contributed by atoms with Crippen LogP contribution in [0.2, 0.25) is 0 Å². The van der Waals surface area contributed by atoms with Gasteiger partial charge in [0.05, 0.1) is 25.4 Å². The van der Waals surface area contributed by atoms with Gasteiger partial charge in [-0.15, -0.1) is 11.8 Å². The summed E-state index contributed by atoms with van der Waals surface area (Å²) >= 11 is 0.984. The molecule has 2 aliphatic heterocycles. The minimum absolute atomic E-state index is 0.0183. The Morgan fingerprint density at radius 1 is 1.06 bits per heavy atom. The molecular formula is C10H14O6S. The average molecular weight is 262 g/mol. The minimum atomic E-state index is -0.978. The van der Waals surface area contributed by atoms with Crippen LogP contribution >= 0.6 is 11.8 Å². The fourth-order valence-corrected chi connectivity index (χ4v) is 2.79. The van der Waals surface area contributed by atoms with E-state index >= 15 is 0 Å². The number of carboxylic acids is 2. The van der Waals surface area contributed by atoms with Gasteiger partial charge in [-0.05, 0) is 12.8 Å². The van der Waals surface area contributed by atoms with Crippen molar-refractivity contribution in [1.82, 2.24) is 0 Å². The summed E-state index contributed by atoms with van der Waals surface area (Å²) in [7, 11) is 0. The highest BCUT2D eigenvalue weighted by atomic mass is 32.2. The van der Waals surface area contributed by atoms with E-state index in [2.05, 4.69) is 0 Å². The van der Waals surface area contributed by atoms with Gasteiger partial charge in [-0.3, -0.25) is 9.59 Å². The molecule has 2 N–H and O–H groups in total. The number of rotatable bonds is 8. The third-order valence-corrected chi connectivity index (χ3v) is 4.08. The van der Waals surface area contributed by atoms with Crippen molar-refractivity contribution >= 4 is 23.7 Å². The van der Waals surface area contributed by atoms with Gasteiger partial charge in [-0.25, -0.2) is 0 Å². The Hall–Kier alpha value is -0.790. The number of aliphatic carboxylic acids is 2. The Morgan fingerprint density at radius 2 is 1.41 bits per heavy atom. The summed E-state index contributed by atoms with van der Waals surface area (Å²) in [6, 6.07) is 0. The molecule has 0 radical (unpaired) electrons. The van der Waals surface area contributed by atoms with Crippen LogP contribution in [-0.2, 0) is 19.1 Å². The number of ether oxygens (including phenoxy) is 2. The number of thioether (sulfide) groups is 1. The quantitative estimate of drug-likeness (QED) is 0.603. The molecule has 2 heterocycles. The van der Waals surface area contributed by atoms with Crippen molar-refractivity contribution in [1.29, 1.82) is 0 Å². The summed E-state index contributed by atoms with van der Waals surface area (Å²) in [6.07, 6.45) is 0.704. The van der Waals surface area contributed by atoms with E-state index in [9.17, 15) is 9.59 Å². The van der Waals surface area contributed by atoms with E-state index < -0.39 is 22.4 Å². The van der Waals surface area contributed by atoms with Gasteiger partial charge in [0.25, 0.3) is 0 Å². The Labute approximate surface area is 102 Å². The van der Waals surface area contributed by atoms with Crippen LogP contribution in [-0.4, -0.2) is 58.1 Å². The molecule has 2 rings (SSSR count). The molecule has 17 heavy (non-hydrogen) atoms. The summed E-state index contributed by atoms with van der Waals surface area (Å²) in [6.45, 7) is 1.15. The SMILES string of the molecule is O=C(O)C(CC1CO1)SC(CC1CO1)C(=O)O. The van der Waals surface area contributed by atoms with Crippen molar-refractivity contribution in [3.05, 3.63) is 0 Å². The molecule has 0 aromatic heterocycles. The van der Waals surface area contributed by atoms with Crippen LogP contribution in [0.3, 0.4) is 0 Å². The van der Waals surface area contributed by atoms with E-state index in [0.29, 0.717) is 26.1 Å². The molecule has 4 atom stereocenters. The zero-order chi connectivity index (χ0) is 12.4. The monoisotopic (exact) mass is 262 g/mol. The zero-order valence-corrected chi connectivity index (χ0v) is 9.89.